The smallest absolute Gasteiger partial charge is 0.390 e. The van der Waals surface area contributed by atoms with E-state index in [9.17, 15) is 26.0 Å². The first-order valence-electron chi connectivity index (χ1n) is 15.0. The number of likely N-dealkylation sites (tertiary alicyclic amines) is 1. The van der Waals surface area contributed by atoms with Crippen molar-refractivity contribution in [2.75, 3.05) is 45.0 Å². The van der Waals surface area contributed by atoms with Gasteiger partial charge in [-0.05, 0) is 73.6 Å². The third-order valence-electron chi connectivity index (χ3n) is 8.70. The lowest BCUT2D eigenvalue weighted by molar-refractivity contribution is -0.136. The van der Waals surface area contributed by atoms with Crippen molar-refractivity contribution < 1.29 is 35.5 Å². The summed E-state index contributed by atoms with van der Waals surface area (Å²) in [5.74, 6) is 4.67. The van der Waals surface area contributed by atoms with Crippen molar-refractivity contribution in [3.63, 3.8) is 0 Å². The lowest BCUT2D eigenvalue weighted by Crippen LogP contribution is -2.46. The van der Waals surface area contributed by atoms with E-state index in [2.05, 4.69) is 22.1 Å². The number of benzene rings is 2. The predicted octanol–water partition coefficient (Wildman–Crippen LogP) is 6.36. The van der Waals surface area contributed by atoms with Crippen LogP contribution in [0.15, 0.2) is 40.8 Å². The van der Waals surface area contributed by atoms with Crippen molar-refractivity contribution in [2.45, 2.75) is 74.0 Å². The largest absolute Gasteiger partial charge is 0.496 e. The molecule has 0 spiro atoms. The van der Waals surface area contributed by atoms with Crippen molar-refractivity contribution >= 4 is 21.6 Å². The molecule has 1 N–H and O–H groups in total. The molecule has 0 aromatic heterocycles. The molecule has 2 aromatic carbocycles. The molecule has 2 heterocycles. The number of nitrogens with one attached hydrogen (secondary N) is 1. The molecule has 2 fully saturated rings. The maximum Gasteiger partial charge on any atom is 0.390 e. The van der Waals surface area contributed by atoms with Crippen LogP contribution in [-0.2, 0) is 21.0 Å². The average Bonchev–Trinajstić information content (AvgIpc) is 3.31. The molecule has 3 aliphatic rings. The normalized spacial score (nSPS) is 20.0. The number of alkyl halides is 3. The molecular weight excluding hydrogens is 596 g/mol. The highest BCUT2D eigenvalue weighted by atomic mass is 32.2. The van der Waals surface area contributed by atoms with Crippen LogP contribution in [0.25, 0.3) is 6.08 Å². The molecular formula is C33H38F4N2O4S. The number of sulfone groups is 1. The van der Waals surface area contributed by atoms with Crippen LogP contribution in [0.2, 0.25) is 0 Å². The molecule has 0 radical (unpaired) electrons. The fourth-order valence-electron chi connectivity index (χ4n) is 6.41. The second-order valence-corrected chi connectivity index (χ2v) is 13.8. The van der Waals surface area contributed by atoms with Gasteiger partial charge in [0.25, 0.3) is 0 Å². The van der Waals surface area contributed by atoms with Gasteiger partial charge in [-0.15, -0.1) is 0 Å². The molecule has 2 aromatic rings. The minimum atomic E-state index is -4.46. The van der Waals surface area contributed by atoms with Crippen molar-refractivity contribution in [1.82, 2.24) is 4.90 Å². The summed E-state index contributed by atoms with van der Waals surface area (Å²) in [6, 6.07) is 7.77. The number of nitrogens with zero attached hydrogens (tertiary/aromatic N) is 1. The summed E-state index contributed by atoms with van der Waals surface area (Å²) in [4.78, 5) is 2.62. The number of aryl methyl sites for hydroxylation is 1. The number of fused-ring (bicyclic) bond motifs is 1. The summed E-state index contributed by atoms with van der Waals surface area (Å²) in [6.45, 7) is 3.37. The van der Waals surface area contributed by atoms with Crippen LogP contribution in [0.4, 0.5) is 23.2 Å². The van der Waals surface area contributed by atoms with Gasteiger partial charge in [-0.3, -0.25) is 0 Å². The second-order valence-electron chi connectivity index (χ2n) is 11.8. The molecule has 2 saturated heterocycles. The number of methoxy groups -OCH3 is 1. The van der Waals surface area contributed by atoms with E-state index in [0.717, 1.165) is 63.8 Å². The van der Waals surface area contributed by atoms with Gasteiger partial charge < -0.3 is 19.7 Å². The van der Waals surface area contributed by atoms with E-state index >= 15 is 0 Å². The van der Waals surface area contributed by atoms with Crippen LogP contribution in [0.3, 0.4) is 0 Å². The first kappa shape index (κ1) is 32.3. The van der Waals surface area contributed by atoms with Gasteiger partial charge in [0.1, 0.15) is 11.6 Å². The number of hydrogen-bond donors (Lipinski definition) is 1. The summed E-state index contributed by atoms with van der Waals surface area (Å²) >= 11 is 0. The van der Waals surface area contributed by atoms with Gasteiger partial charge in [-0.1, -0.05) is 17.9 Å². The number of rotatable bonds is 8. The summed E-state index contributed by atoms with van der Waals surface area (Å²) in [7, 11) is -1.96. The fraction of sp³-hybridized carbons (Fsp3) is 0.515. The van der Waals surface area contributed by atoms with E-state index in [1.807, 2.05) is 0 Å². The van der Waals surface area contributed by atoms with E-state index in [1.165, 1.54) is 31.4 Å². The minimum absolute atomic E-state index is 0.0886. The Labute approximate surface area is 256 Å². The van der Waals surface area contributed by atoms with E-state index in [4.69, 9.17) is 9.47 Å². The zero-order chi connectivity index (χ0) is 31.5. The van der Waals surface area contributed by atoms with Gasteiger partial charge in [0.2, 0.25) is 0 Å². The predicted molar refractivity (Wildman–Crippen MR) is 162 cm³/mol. The summed E-state index contributed by atoms with van der Waals surface area (Å²) in [6.07, 6.45) is 1.68. The second kappa shape index (κ2) is 13.5. The Hall–Kier alpha value is -3.07. The Balaban J connectivity index is 1.32. The molecule has 1 atom stereocenters. The van der Waals surface area contributed by atoms with Crippen LogP contribution in [0.1, 0.15) is 61.1 Å². The zero-order valence-electron chi connectivity index (χ0n) is 25.0. The Bertz CT molecular complexity index is 1550. The quantitative estimate of drug-likeness (QED) is 0.269. The Morgan fingerprint density at radius 1 is 1.09 bits per heavy atom. The third kappa shape index (κ3) is 7.95. The number of hydrogen-bond acceptors (Lipinski definition) is 6. The standard InChI is InChI=1S/C33H38F4N2O4S/c1-42-32-20-27(44(2,40)41)8-7-22(32)5-3-4-6-23-17-29-28(30(23)21-33(35,36)37)18-24(34)19-31(29)38-25-9-13-39(14-10-25)26-11-15-43-16-12-26/h7-8,17-20,25-26,30,38H,3,5,9-16,21H2,1-2H3. The molecule has 1 aliphatic carbocycles. The number of halogens is 4. The molecule has 1 unspecified atom stereocenters. The average molecular weight is 635 g/mol. The van der Waals surface area contributed by atoms with Crippen LogP contribution < -0.4 is 10.1 Å². The first-order chi connectivity index (χ1) is 20.9. The number of allylic oxidation sites excluding steroid dienone is 1. The van der Waals surface area contributed by atoms with Crippen LogP contribution in [-0.4, -0.2) is 71.2 Å². The van der Waals surface area contributed by atoms with Crippen LogP contribution in [0.5, 0.6) is 5.75 Å². The third-order valence-corrected chi connectivity index (χ3v) is 9.81. The molecule has 0 amide bonds. The summed E-state index contributed by atoms with van der Waals surface area (Å²) in [5.41, 5.74) is 2.41. The highest BCUT2D eigenvalue weighted by Crippen LogP contribution is 2.46. The molecule has 6 nitrogen and oxygen atoms in total. The summed E-state index contributed by atoms with van der Waals surface area (Å²) in [5, 5.41) is 3.44. The Morgan fingerprint density at radius 2 is 1.82 bits per heavy atom. The highest BCUT2D eigenvalue weighted by Gasteiger charge is 2.38. The van der Waals surface area contributed by atoms with Crippen molar-refractivity contribution in [3.8, 4) is 17.6 Å². The molecule has 2 aliphatic heterocycles. The highest BCUT2D eigenvalue weighted by molar-refractivity contribution is 7.90. The maximum atomic E-state index is 14.8. The van der Waals surface area contributed by atoms with Gasteiger partial charge in [0, 0.05) is 73.8 Å². The molecule has 44 heavy (non-hydrogen) atoms. The molecule has 0 bridgehead atoms. The van der Waals surface area contributed by atoms with E-state index in [-0.39, 0.29) is 10.9 Å². The first-order valence-corrected chi connectivity index (χ1v) is 16.9. The van der Waals surface area contributed by atoms with Gasteiger partial charge in [0.05, 0.1) is 18.4 Å². The van der Waals surface area contributed by atoms with Gasteiger partial charge in [0.15, 0.2) is 9.84 Å². The van der Waals surface area contributed by atoms with Crippen molar-refractivity contribution in [3.05, 3.63) is 58.4 Å². The fourth-order valence-corrected chi connectivity index (χ4v) is 7.05. The lowest BCUT2D eigenvalue weighted by Gasteiger charge is -2.39. The molecule has 0 saturated carbocycles. The maximum absolute atomic E-state index is 14.8. The Kier molecular flexibility index (Phi) is 9.93. The molecule has 11 heteroatoms. The van der Waals surface area contributed by atoms with Gasteiger partial charge >= 0.3 is 6.18 Å². The zero-order valence-corrected chi connectivity index (χ0v) is 25.8. The van der Waals surface area contributed by atoms with Gasteiger partial charge in [-0.2, -0.15) is 13.2 Å². The van der Waals surface area contributed by atoms with Gasteiger partial charge in [-0.25, -0.2) is 12.8 Å². The lowest BCUT2D eigenvalue weighted by atomic mass is 9.91. The monoisotopic (exact) mass is 634 g/mol. The topological polar surface area (TPSA) is 67.9 Å². The van der Waals surface area contributed by atoms with Crippen LogP contribution >= 0.6 is 0 Å². The SMILES string of the molecule is COc1cc(S(C)(=O)=O)ccc1CCC#CC1=Cc2c(NC3CCN(C4CCOCC4)CC3)cc(F)cc2C1CC(F)(F)F. The minimum Gasteiger partial charge on any atom is -0.496 e. The summed E-state index contributed by atoms with van der Waals surface area (Å²) < 4.78 is 90.5. The number of ether oxygens (including phenoxy) is 2. The number of anilines is 1. The molecule has 238 valence electrons. The van der Waals surface area contributed by atoms with E-state index in [0.29, 0.717) is 47.0 Å². The number of piperidine rings is 1. The van der Waals surface area contributed by atoms with Crippen molar-refractivity contribution in [1.29, 1.82) is 0 Å². The van der Waals surface area contributed by atoms with E-state index in [1.54, 1.807) is 12.1 Å². The Morgan fingerprint density at radius 3 is 2.48 bits per heavy atom. The van der Waals surface area contributed by atoms with E-state index < -0.39 is 34.2 Å². The molecule has 5 rings (SSSR count). The van der Waals surface area contributed by atoms with Crippen molar-refractivity contribution in [2.24, 2.45) is 0 Å². The van der Waals surface area contributed by atoms with Crippen LogP contribution in [0, 0.1) is 17.7 Å².